The van der Waals surface area contributed by atoms with Crippen molar-refractivity contribution in [3.8, 4) is 16.9 Å². The van der Waals surface area contributed by atoms with Crippen molar-refractivity contribution in [2.75, 3.05) is 14.1 Å². The molecule has 0 saturated carbocycles. The van der Waals surface area contributed by atoms with Crippen molar-refractivity contribution in [3.05, 3.63) is 65.0 Å². The smallest absolute Gasteiger partial charge is 0.409 e. The summed E-state index contributed by atoms with van der Waals surface area (Å²) >= 11 is 0. The zero-order valence-electron chi connectivity index (χ0n) is 12.9. The van der Waals surface area contributed by atoms with Crippen LogP contribution in [0.15, 0.2) is 59.4 Å². The van der Waals surface area contributed by atoms with Gasteiger partial charge in [0.2, 0.25) is 0 Å². The Kier molecular flexibility index (Phi) is 3.85. The maximum absolute atomic E-state index is 12.5. The first-order valence-electron chi connectivity index (χ1n) is 7.17. The highest BCUT2D eigenvalue weighted by Crippen LogP contribution is 2.33. The van der Waals surface area contributed by atoms with Crippen LogP contribution in [0.2, 0.25) is 0 Å². The maximum atomic E-state index is 12.5. The molecule has 0 aliphatic rings. The number of ether oxygens (including phenoxy) is 1. The van der Waals surface area contributed by atoms with Gasteiger partial charge in [-0.3, -0.25) is 4.79 Å². The summed E-state index contributed by atoms with van der Waals surface area (Å²) in [5, 5.41) is 0.682. The van der Waals surface area contributed by atoms with Gasteiger partial charge < -0.3 is 14.6 Å². The molecule has 3 aromatic rings. The number of rotatable bonds is 2. The molecular formula is C18H16N2O3. The highest BCUT2D eigenvalue weighted by molar-refractivity contribution is 5.94. The molecule has 0 atom stereocenters. The number of nitrogens with one attached hydrogen (secondary N) is 1. The summed E-state index contributed by atoms with van der Waals surface area (Å²) in [7, 11) is 3.19. The molecule has 0 aliphatic carbocycles. The standard InChI is InChI=1S/C18H16N2O3/c1-20(2)18(22)23-16-13-10-6-7-11-14(13)19-17(21)15(16)12-8-4-3-5-9-12/h3-11H,1-2H3,(H,19,21). The molecule has 1 heterocycles. The molecule has 1 aromatic heterocycles. The Morgan fingerprint density at radius 2 is 1.65 bits per heavy atom. The van der Waals surface area contributed by atoms with Gasteiger partial charge in [-0.1, -0.05) is 42.5 Å². The third kappa shape index (κ3) is 2.81. The molecule has 5 heteroatoms. The van der Waals surface area contributed by atoms with E-state index in [0.717, 1.165) is 0 Å². The second kappa shape index (κ2) is 5.96. The van der Waals surface area contributed by atoms with Crippen LogP contribution in [-0.2, 0) is 0 Å². The van der Waals surface area contributed by atoms with Crippen molar-refractivity contribution in [3.63, 3.8) is 0 Å². The van der Waals surface area contributed by atoms with Crippen molar-refractivity contribution in [1.29, 1.82) is 0 Å². The molecule has 116 valence electrons. The van der Waals surface area contributed by atoms with Crippen LogP contribution in [0, 0.1) is 0 Å². The first-order chi connectivity index (χ1) is 11.1. The molecule has 0 unspecified atom stereocenters. The van der Waals surface area contributed by atoms with Gasteiger partial charge in [0.1, 0.15) is 0 Å². The van der Waals surface area contributed by atoms with Gasteiger partial charge in [0.05, 0.1) is 11.1 Å². The largest absolute Gasteiger partial charge is 0.414 e. The summed E-state index contributed by atoms with van der Waals surface area (Å²) in [6.07, 6.45) is -0.530. The van der Waals surface area contributed by atoms with Gasteiger partial charge in [-0.2, -0.15) is 0 Å². The number of amides is 1. The second-order valence-corrected chi connectivity index (χ2v) is 5.33. The highest BCUT2D eigenvalue weighted by atomic mass is 16.6. The third-order valence-electron chi connectivity index (χ3n) is 3.49. The van der Waals surface area contributed by atoms with Gasteiger partial charge >= 0.3 is 6.09 Å². The maximum Gasteiger partial charge on any atom is 0.414 e. The molecule has 0 saturated heterocycles. The van der Waals surface area contributed by atoms with Crippen molar-refractivity contribution < 1.29 is 9.53 Å². The lowest BCUT2D eigenvalue weighted by Gasteiger charge is -2.15. The quantitative estimate of drug-likeness (QED) is 0.790. The molecule has 0 spiro atoms. The number of H-pyrrole nitrogens is 1. The molecule has 0 fully saturated rings. The fourth-order valence-electron chi connectivity index (χ4n) is 2.36. The van der Waals surface area contributed by atoms with Crippen LogP contribution in [0.3, 0.4) is 0 Å². The summed E-state index contributed by atoms with van der Waals surface area (Å²) < 4.78 is 5.52. The van der Waals surface area contributed by atoms with Crippen LogP contribution in [0.5, 0.6) is 5.75 Å². The number of hydrogen-bond acceptors (Lipinski definition) is 3. The van der Waals surface area contributed by atoms with E-state index in [2.05, 4.69) is 4.98 Å². The Hall–Kier alpha value is -3.08. The number of carbonyl (C=O) groups is 1. The van der Waals surface area contributed by atoms with Crippen molar-refractivity contribution >= 4 is 17.0 Å². The fraction of sp³-hybridized carbons (Fsp3) is 0.111. The summed E-state index contributed by atoms with van der Waals surface area (Å²) in [5.74, 6) is 0.272. The van der Waals surface area contributed by atoms with Crippen LogP contribution in [0.4, 0.5) is 4.79 Å². The Balaban J connectivity index is 2.31. The van der Waals surface area contributed by atoms with Gasteiger partial charge in [-0.15, -0.1) is 0 Å². The minimum atomic E-state index is -0.530. The number of pyridine rings is 1. The van der Waals surface area contributed by atoms with E-state index in [9.17, 15) is 9.59 Å². The van der Waals surface area contributed by atoms with Crippen molar-refractivity contribution in [2.24, 2.45) is 0 Å². The van der Waals surface area contributed by atoms with Crippen LogP contribution in [0.25, 0.3) is 22.0 Å². The lowest BCUT2D eigenvalue weighted by molar-refractivity contribution is 0.172. The van der Waals surface area contributed by atoms with E-state index < -0.39 is 6.09 Å². The molecule has 23 heavy (non-hydrogen) atoms. The molecule has 0 aliphatic heterocycles. The zero-order chi connectivity index (χ0) is 16.4. The predicted molar refractivity (Wildman–Crippen MR) is 89.7 cm³/mol. The lowest BCUT2D eigenvalue weighted by Crippen LogP contribution is -2.26. The Morgan fingerprint density at radius 3 is 2.35 bits per heavy atom. The van der Waals surface area contributed by atoms with E-state index in [1.165, 1.54) is 4.90 Å². The Morgan fingerprint density at radius 1 is 1.00 bits per heavy atom. The summed E-state index contributed by atoms with van der Waals surface area (Å²) in [5.41, 5.74) is 1.37. The number of carbonyl (C=O) groups excluding carboxylic acids is 1. The third-order valence-corrected chi connectivity index (χ3v) is 3.49. The van der Waals surface area contributed by atoms with E-state index in [1.807, 2.05) is 48.5 Å². The molecule has 5 nitrogen and oxygen atoms in total. The average molecular weight is 308 g/mol. The topological polar surface area (TPSA) is 62.4 Å². The highest BCUT2D eigenvalue weighted by Gasteiger charge is 2.19. The number of aromatic amines is 1. The predicted octanol–water partition coefficient (Wildman–Crippen LogP) is 3.26. The minimum Gasteiger partial charge on any atom is -0.409 e. The zero-order valence-corrected chi connectivity index (χ0v) is 12.9. The van der Waals surface area contributed by atoms with E-state index in [4.69, 9.17) is 4.74 Å². The number of benzene rings is 2. The van der Waals surface area contributed by atoms with Gasteiger partial charge in [0.15, 0.2) is 5.75 Å². The monoisotopic (exact) mass is 308 g/mol. The second-order valence-electron chi connectivity index (χ2n) is 5.33. The lowest BCUT2D eigenvalue weighted by atomic mass is 10.0. The number of para-hydroxylation sites is 1. The van der Waals surface area contributed by atoms with E-state index >= 15 is 0 Å². The van der Waals surface area contributed by atoms with Crippen molar-refractivity contribution in [1.82, 2.24) is 9.88 Å². The van der Waals surface area contributed by atoms with Gasteiger partial charge in [-0.25, -0.2) is 4.79 Å². The molecule has 0 bridgehead atoms. The molecule has 1 amide bonds. The number of nitrogens with zero attached hydrogens (tertiary/aromatic N) is 1. The summed E-state index contributed by atoms with van der Waals surface area (Å²) in [6, 6.07) is 16.4. The molecule has 1 N–H and O–H groups in total. The van der Waals surface area contributed by atoms with Crippen molar-refractivity contribution in [2.45, 2.75) is 0 Å². The average Bonchev–Trinajstić information content (AvgIpc) is 2.55. The van der Waals surface area contributed by atoms with Crippen LogP contribution in [0.1, 0.15) is 0 Å². The van der Waals surface area contributed by atoms with Gasteiger partial charge in [-0.05, 0) is 17.7 Å². The number of hydrogen-bond donors (Lipinski definition) is 1. The fourth-order valence-corrected chi connectivity index (χ4v) is 2.36. The van der Waals surface area contributed by atoms with Crippen LogP contribution in [-0.4, -0.2) is 30.1 Å². The SMILES string of the molecule is CN(C)C(=O)Oc1c(-c2ccccc2)c(=O)[nH]c2ccccc12. The Bertz CT molecular complexity index is 914. The van der Waals surface area contributed by atoms with Gasteiger partial charge in [0, 0.05) is 19.5 Å². The number of aromatic nitrogens is 1. The van der Waals surface area contributed by atoms with Crippen LogP contribution < -0.4 is 10.3 Å². The Labute approximate surface area is 133 Å². The minimum absolute atomic E-state index is 0.272. The molecule has 2 aromatic carbocycles. The van der Waals surface area contributed by atoms with Crippen LogP contribution >= 0.6 is 0 Å². The number of fused-ring (bicyclic) bond motifs is 1. The van der Waals surface area contributed by atoms with E-state index in [1.54, 1.807) is 20.2 Å². The summed E-state index contributed by atoms with van der Waals surface area (Å²) in [6.45, 7) is 0. The normalized spacial score (nSPS) is 10.5. The molecule has 0 radical (unpaired) electrons. The van der Waals surface area contributed by atoms with Gasteiger partial charge in [0.25, 0.3) is 5.56 Å². The molecular weight excluding hydrogens is 292 g/mol. The molecule has 3 rings (SSSR count). The van der Waals surface area contributed by atoms with E-state index in [0.29, 0.717) is 22.0 Å². The van der Waals surface area contributed by atoms with E-state index in [-0.39, 0.29) is 11.3 Å². The first kappa shape index (κ1) is 14.8. The first-order valence-corrected chi connectivity index (χ1v) is 7.17. The summed E-state index contributed by atoms with van der Waals surface area (Å²) in [4.78, 5) is 28.8.